The van der Waals surface area contributed by atoms with Crippen LogP contribution in [0.15, 0.2) is 24.3 Å². The number of hydrogen-bond donors (Lipinski definition) is 3. The summed E-state index contributed by atoms with van der Waals surface area (Å²) in [6, 6.07) is 7.33. The van der Waals surface area contributed by atoms with Gasteiger partial charge in [-0.25, -0.2) is 5.90 Å². The Labute approximate surface area is 82.9 Å². The Morgan fingerprint density at radius 2 is 1.93 bits per heavy atom. The van der Waals surface area contributed by atoms with E-state index in [1.165, 1.54) is 0 Å². The molecule has 0 aromatic heterocycles. The second-order valence-corrected chi connectivity index (χ2v) is 3.06. The van der Waals surface area contributed by atoms with Crippen LogP contribution in [-0.4, -0.2) is 23.4 Å². The highest BCUT2D eigenvalue weighted by Gasteiger charge is 2.04. The van der Waals surface area contributed by atoms with E-state index >= 15 is 0 Å². The van der Waals surface area contributed by atoms with E-state index in [2.05, 4.69) is 4.84 Å². The van der Waals surface area contributed by atoms with Crippen LogP contribution in [0.3, 0.4) is 0 Å². The van der Waals surface area contributed by atoms with Gasteiger partial charge in [0.05, 0.1) is 13.2 Å². The van der Waals surface area contributed by atoms with E-state index in [1.54, 1.807) is 12.1 Å². The molecule has 1 aromatic rings. The molecule has 0 bridgehead atoms. The molecule has 1 unspecified atom stereocenters. The number of rotatable bonds is 5. The Morgan fingerprint density at radius 3 is 2.43 bits per heavy atom. The lowest BCUT2D eigenvalue weighted by Crippen LogP contribution is -2.05. The van der Waals surface area contributed by atoms with Crippen molar-refractivity contribution in [3.63, 3.8) is 0 Å². The van der Waals surface area contributed by atoms with E-state index < -0.39 is 6.10 Å². The van der Waals surface area contributed by atoms with Gasteiger partial charge in [0.15, 0.2) is 0 Å². The van der Waals surface area contributed by atoms with Gasteiger partial charge >= 0.3 is 0 Å². The molecule has 0 radical (unpaired) electrons. The van der Waals surface area contributed by atoms with Gasteiger partial charge in [-0.2, -0.15) is 0 Å². The van der Waals surface area contributed by atoms with Crippen LogP contribution >= 0.6 is 0 Å². The largest absolute Gasteiger partial charge is 0.393 e. The van der Waals surface area contributed by atoms with Crippen molar-refractivity contribution < 1.29 is 15.1 Å². The van der Waals surface area contributed by atoms with E-state index in [9.17, 15) is 5.11 Å². The van der Waals surface area contributed by atoms with Crippen LogP contribution < -0.4 is 5.90 Å². The Kier molecular flexibility index (Phi) is 4.55. The fraction of sp³-hybridized carbons (Fsp3) is 0.400. The summed E-state index contributed by atoms with van der Waals surface area (Å²) in [4.78, 5) is 4.46. The van der Waals surface area contributed by atoms with Crippen LogP contribution in [-0.2, 0) is 11.3 Å². The second kappa shape index (κ2) is 5.72. The topological polar surface area (TPSA) is 75.7 Å². The van der Waals surface area contributed by atoms with Crippen LogP contribution in [0.2, 0.25) is 0 Å². The zero-order valence-electron chi connectivity index (χ0n) is 7.89. The van der Waals surface area contributed by atoms with Crippen LogP contribution in [0.25, 0.3) is 0 Å². The fourth-order valence-electron chi connectivity index (χ4n) is 1.19. The molecule has 0 saturated carbocycles. The molecular weight excluding hydrogens is 182 g/mol. The third-order valence-corrected chi connectivity index (χ3v) is 2.05. The summed E-state index contributed by atoms with van der Waals surface area (Å²) < 4.78 is 0. The zero-order chi connectivity index (χ0) is 10.4. The van der Waals surface area contributed by atoms with Crippen molar-refractivity contribution in [3.05, 3.63) is 35.4 Å². The molecule has 0 aliphatic rings. The Bertz CT molecular complexity index is 261. The fourth-order valence-corrected chi connectivity index (χ4v) is 1.19. The third-order valence-electron chi connectivity index (χ3n) is 2.05. The highest BCUT2D eigenvalue weighted by Crippen LogP contribution is 2.13. The van der Waals surface area contributed by atoms with E-state index in [4.69, 9.17) is 11.0 Å². The molecule has 1 rings (SSSR count). The molecule has 4 heteroatoms. The molecule has 1 aromatic carbocycles. The zero-order valence-corrected chi connectivity index (χ0v) is 7.89. The van der Waals surface area contributed by atoms with Gasteiger partial charge in [0.1, 0.15) is 6.10 Å². The number of benzene rings is 1. The first kappa shape index (κ1) is 11.1. The molecule has 0 aliphatic heterocycles. The second-order valence-electron chi connectivity index (χ2n) is 3.06. The average Bonchev–Trinajstić information content (AvgIpc) is 2.26. The number of aliphatic hydroxyl groups is 2. The van der Waals surface area contributed by atoms with Crippen LogP contribution in [0.5, 0.6) is 0 Å². The van der Waals surface area contributed by atoms with E-state index in [-0.39, 0.29) is 6.61 Å². The first-order valence-corrected chi connectivity index (χ1v) is 4.47. The van der Waals surface area contributed by atoms with Gasteiger partial charge in [-0.05, 0) is 17.5 Å². The van der Waals surface area contributed by atoms with Crippen molar-refractivity contribution in [2.24, 2.45) is 5.90 Å². The molecule has 0 spiro atoms. The van der Waals surface area contributed by atoms with Gasteiger partial charge in [-0.15, -0.1) is 0 Å². The predicted molar refractivity (Wildman–Crippen MR) is 52.3 cm³/mol. The van der Waals surface area contributed by atoms with Crippen molar-refractivity contribution in [1.82, 2.24) is 0 Å². The number of aliphatic hydroxyl groups excluding tert-OH is 2. The van der Waals surface area contributed by atoms with Crippen molar-refractivity contribution in [2.75, 3.05) is 13.2 Å². The van der Waals surface area contributed by atoms with Crippen LogP contribution in [0.4, 0.5) is 0 Å². The maximum Gasteiger partial charge on any atom is 0.102 e. The molecule has 78 valence electrons. The Hall–Kier alpha value is -0.940. The standard InChI is InChI=1S/C10H15NO3/c11-14-6-5-8-1-3-9(4-2-8)10(13)7-12/h1-4,10,12-13H,5-7,11H2. The molecule has 14 heavy (non-hydrogen) atoms. The maximum atomic E-state index is 9.30. The minimum Gasteiger partial charge on any atom is -0.393 e. The average molecular weight is 197 g/mol. The number of hydrogen-bond acceptors (Lipinski definition) is 4. The minimum atomic E-state index is -0.796. The Balaban J connectivity index is 2.59. The normalized spacial score (nSPS) is 12.8. The molecular formula is C10H15NO3. The lowest BCUT2D eigenvalue weighted by molar-refractivity contribution is 0.0956. The highest BCUT2D eigenvalue weighted by atomic mass is 16.6. The smallest absolute Gasteiger partial charge is 0.102 e. The van der Waals surface area contributed by atoms with E-state index in [0.29, 0.717) is 12.2 Å². The molecule has 4 nitrogen and oxygen atoms in total. The van der Waals surface area contributed by atoms with Gasteiger partial charge in [-0.3, -0.25) is 0 Å². The minimum absolute atomic E-state index is 0.259. The summed E-state index contributed by atoms with van der Waals surface area (Å²) in [6.45, 7) is 0.215. The third kappa shape index (κ3) is 3.08. The van der Waals surface area contributed by atoms with Gasteiger partial charge in [-0.1, -0.05) is 24.3 Å². The number of nitrogens with two attached hydrogens (primary N) is 1. The Morgan fingerprint density at radius 1 is 1.29 bits per heavy atom. The molecule has 0 aliphatic carbocycles. The summed E-state index contributed by atoms with van der Waals surface area (Å²) in [5.41, 5.74) is 1.80. The quantitative estimate of drug-likeness (QED) is 0.587. The molecule has 1 atom stereocenters. The van der Waals surface area contributed by atoms with Gasteiger partial charge in [0.25, 0.3) is 0 Å². The van der Waals surface area contributed by atoms with Gasteiger partial charge in [0.2, 0.25) is 0 Å². The van der Waals surface area contributed by atoms with E-state index in [0.717, 1.165) is 12.0 Å². The van der Waals surface area contributed by atoms with Crippen LogP contribution in [0.1, 0.15) is 17.2 Å². The maximum absolute atomic E-state index is 9.30. The summed E-state index contributed by atoms with van der Waals surface area (Å²) in [7, 11) is 0. The summed E-state index contributed by atoms with van der Waals surface area (Å²) in [5.74, 6) is 4.90. The summed E-state index contributed by atoms with van der Waals surface area (Å²) in [6.07, 6.45) is -0.0544. The van der Waals surface area contributed by atoms with Crippen molar-refractivity contribution in [1.29, 1.82) is 0 Å². The highest BCUT2D eigenvalue weighted by molar-refractivity contribution is 5.24. The van der Waals surface area contributed by atoms with Crippen molar-refractivity contribution in [2.45, 2.75) is 12.5 Å². The summed E-state index contributed by atoms with van der Waals surface area (Å²) in [5, 5.41) is 18.0. The summed E-state index contributed by atoms with van der Waals surface area (Å²) >= 11 is 0. The van der Waals surface area contributed by atoms with Gasteiger partial charge in [0, 0.05) is 0 Å². The van der Waals surface area contributed by atoms with Crippen molar-refractivity contribution in [3.8, 4) is 0 Å². The van der Waals surface area contributed by atoms with Crippen LogP contribution in [0, 0.1) is 0 Å². The molecule has 0 fully saturated rings. The SMILES string of the molecule is NOCCc1ccc(C(O)CO)cc1. The molecule has 4 N–H and O–H groups in total. The molecule has 0 amide bonds. The first-order chi connectivity index (χ1) is 6.77. The predicted octanol–water partition coefficient (Wildman–Crippen LogP) is 0.145. The molecule has 0 saturated heterocycles. The first-order valence-electron chi connectivity index (χ1n) is 4.47. The molecule has 0 heterocycles. The monoisotopic (exact) mass is 197 g/mol. The van der Waals surface area contributed by atoms with E-state index in [1.807, 2.05) is 12.1 Å². The lowest BCUT2D eigenvalue weighted by atomic mass is 10.1. The van der Waals surface area contributed by atoms with Gasteiger partial charge < -0.3 is 15.1 Å². The van der Waals surface area contributed by atoms with Crippen molar-refractivity contribution >= 4 is 0 Å². The lowest BCUT2D eigenvalue weighted by Gasteiger charge is -2.07.